The van der Waals surface area contributed by atoms with E-state index in [4.69, 9.17) is 39.3 Å². The Labute approximate surface area is 173 Å². The summed E-state index contributed by atoms with van der Waals surface area (Å²) < 4.78 is 1.02. The first-order valence-corrected chi connectivity index (χ1v) is 9.46. The molecule has 2 amide bonds. The lowest BCUT2D eigenvalue weighted by molar-refractivity contribution is -0.139. The van der Waals surface area contributed by atoms with Crippen molar-refractivity contribution in [1.82, 2.24) is 15.1 Å². The number of carbonyl (C=O) groups excluding carboxylic acids is 2. The zero-order valence-corrected chi connectivity index (χ0v) is 16.6. The second kappa shape index (κ2) is 11.7. The van der Waals surface area contributed by atoms with Crippen LogP contribution < -0.4 is 16.4 Å². The van der Waals surface area contributed by atoms with Crippen molar-refractivity contribution in [3.05, 3.63) is 0 Å². The molecule has 1 aliphatic heterocycles. The van der Waals surface area contributed by atoms with Gasteiger partial charge in [0, 0.05) is 24.0 Å². The van der Waals surface area contributed by atoms with Crippen molar-refractivity contribution in [1.29, 1.82) is 0 Å². The zero-order valence-electron chi connectivity index (χ0n) is 14.2. The fraction of sp³-hybridized carbons (Fsp3) is 0.538. The molecule has 0 aromatic rings. The van der Waals surface area contributed by atoms with E-state index < -0.39 is 48.0 Å². The maximum absolute atomic E-state index is 12.2. The van der Waals surface area contributed by atoms with Crippen LogP contribution in [0.25, 0.3) is 0 Å². The van der Waals surface area contributed by atoms with E-state index in [1.165, 1.54) is 6.34 Å². The molecule has 0 fully saturated rings. The van der Waals surface area contributed by atoms with Gasteiger partial charge in [0.25, 0.3) is 0 Å². The van der Waals surface area contributed by atoms with Crippen molar-refractivity contribution >= 4 is 70.4 Å². The Morgan fingerprint density at radius 1 is 1.36 bits per heavy atom. The molecule has 0 saturated carbocycles. The third-order valence-corrected chi connectivity index (χ3v) is 5.09. The van der Waals surface area contributed by atoms with E-state index >= 15 is 0 Å². The van der Waals surface area contributed by atoms with Crippen LogP contribution >= 0.6 is 35.1 Å². The molecule has 28 heavy (non-hydrogen) atoms. The summed E-state index contributed by atoms with van der Waals surface area (Å²) in [6.07, 6.45) is 0.814. The zero-order chi connectivity index (χ0) is 21.3. The molecule has 6 N–H and O–H groups in total. The van der Waals surface area contributed by atoms with Crippen molar-refractivity contribution < 1.29 is 29.4 Å². The quantitative estimate of drug-likeness (QED) is 0.155. The summed E-state index contributed by atoms with van der Waals surface area (Å²) in [4.78, 5) is 53.2. The van der Waals surface area contributed by atoms with Crippen LogP contribution in [0.3, 0.4) is 0 Å². The second-order valence-corrected chi connectivity index (χ2v) is 7.07. The molecule has 1 heterocycles. The largest absolute Gasteiger partial charge is 0.480 e. The third-order valence-electron chi connectivity index (χ3n) is 3.17. The van der Waals surface area contributed by atoms with Crippen LogP contribution in [0.2, 0.25) is 0 Å². The Bertz CT molecular complexity index is 678. The minimum absolute atomic E-state index is 0.0539. The molecule has 0 aliphatic carbocycles. The van der Waals surface area contributed by atoms with Crippen molar-refractivity contribution in [2.75, 3.05) is 12.3 Å². The molecule has 3 atom stereocenters. The van der Waals surface area contributed by atoms with Crippen molar-refractivity contribution in [2.24, 2.45) is 15.7 Å². The summed E-state index contributed by atoms with van der Waals surface area (Å²) in [5, 5.41) is 22.2. The minimum atomic E-state index is -1.26. The fourth-order valence-corrected chi connectivity index (χ4v) is 3.08. The molecule has 0 aromatic heterocycles. The van der Waals surface area contributed by atoms with Crippen LogP contribution in [0, 0.1) is 0 Å². The van der Waals surface area contributed by atoms with Gasteiger partial charge in [-0.3, -0.25) is 19.2 Å². The topological polar surface area (TPSA) is 187 Å². The maximum Gasteiger partial charge on any atom is 0.322 e. The van der Waals surface area contributed by atoms with Crippen LogP contribution in [0.5, 0.6) is 0 Å². The van der Waals surface area contributed by atoms with Crippen molar-refractivity contribution in [3.8, 4) is 0 Å². The molecular weight excluding hydrogens is 439 g/mol. The molecule has 12 nitrogen and oxygen atoms in total. The number of amides is 2. The number of nitrogens with two attached hydrogens (primary N) is 1. The number of halogens is 2. The monoisotopic (exact) mass is 456 g/mol. The molecule has 156 valence electrons. The van der Waals surface area contributed by atoms with E-state index in [-0.39, 0.29) is 23.8 Å². The number of alkyl halides is 1. The van der Waals surface area contributed by atoms with Crippen LogP contribution in [-0.4, -0.2) is 79.9 Å². The van der Waals surface area contributed by atoms with E-state index in [1.807, 2.05) is 0 Å². The number of hydrogen-bond acceptors (Lipinski definition) is 9. The van der Waals surface area contributed by atoms with Gasteiger partial charge in [-0.15, -0.1) is 0 Å². The number of hydrogen-bond donors (Lipinski definition) is 5. The highest BCUT2D eigenvalue weighted by Gasteiger charge is 2.26. The van der Waals surface area contributed by atoms with Crippen LogP contribution in [0.15, 0.2) is 9.98 Å². The molecule has 0 saturated heterocycles. The van der Waals surface area contributed by atoms with E-state index in [2.05, 4.69) is 20.6 Å². The average Bonchev–Trinajstić information content (AvgIpc) is 2.63. The molecule has 0 aromatic carbocycles. The number of amidine groups is 1. The summed E-state index contributed by atoms with van der Waals surface area (Å²) in [5.74, 6) is -3.95. The normalized spacial score (nSPS) is 18.0. The highest BCUT2D eigenvalue weighted by molar-refractivity contribution is 8.13. The van der Waals surface area contributed by atoms with Gasteiger partial charge in [-0.1, -0.05) is 23.4 Å². The number of nitrogens with zero attached hydrogens (tertiary/aromatic N) is 3. The van der Waals surface area contributed by atoms with E-state index in [9.17, 15) is 19.2 Å². The first-order valence-electron chi connectivity index (χ1n) is 7.70. The van der Waals surface area contributed by atoms with Gasteiger partial charge in [-0.2, -0.15) is 0 Å². The van der Waals surface area contributed by atoms with Gasteiger partial charge in [0.1, 0.15) is 25.0 Å². The predicted octanol–water partition coefficient (Wildman–Crippen LogP) is -1.03. The lowest BCUT2D eigenvalue weighted by atomic mass is 10.1. The first kappa shape index (κ1) is 23.9. The summed E-state index contributed by atoms with van der Waals surface area (Å²) in [7, 11) is 0. The number of aliphatic carboxylic acids is 2. The lowest BCUT2D eigenvalue weighted by Crippen LogP contribution is -2.50. The lowest BCUT2D eigenvalue weighted by Gasteiger charge is -2.23. The van der Waals surface area contributed by atoms with Gasteiger partial charge >= 0.3 is 11.9 Å². The van der Waals surface area contributed by atoms with Crippen molar-refractivity contribution in [2.45, 2.75) is 30.6 Å². The Morgan fingerprint density at radius 2 is 2.04 bits per heavy atom. The first-order chi connectivity index (χ1) is 13.1. The number of aliphatic imine (C=N–C) groups is 2. The summed E-state index contributed by atoms with van der Waals surface area (Å²) in [6.45, 7) is -0.640. The number of thioether (sulfide) groups is 1. The Balaban J connectivity index is 2.70. The number of rotatable bonds is 10. The van der Waals surface area contributed by atoms with Gasteiger partial charge in [-0.25, -0.2) is 14.4 Å². The molecular formula is C13H18Cl2N6O6S. The third kappa shape index (κ3) is 8.29. The molecule has 3 unspecified atom stereocenters. The maximum atomic E-state index is 12.2. The Morgan fingerprint density at radius 3 is 2.64 bits per heavy atom. The predicted molar refractivity (Wildman–Crippen MR) is 103 cm³/mol. The smallest absolute Gasteiger partial charge is 0.322 e. The fourth-order valence-electron chi connectivity index (χ4n) is 1.74. The SMILES string of the molecule is NC(CCC(=O)NC(CSC1=NC=NC(Cl)N1Cl)C(=O)NCC(=O)O)C(=O)O. The standard InChI is InChI=1S/C13H18Cl2N6O6S/c14-12-18-5-19-13(21(12)15)28-4-7(10(25)17-3-9(23)24)20-8(22)2-1-6(16)11(26)27/h5-7,12H,1-4,16H2,(H,17,25)(H,20,22)(H,23,24)(H,26,27). The second-order valence-electron chi connectivity index (χ2n) is 5.32. The molecule has 0 spiro atoms. The average molecular weight is 457 g/mol. The van der Waals surface area contributed by atoms with Crippen LogP contribution in [0.1, 0.15) is 12.8 Å². The van der Waals surface area contributed by atoms with Crippen LogP contribution in [-0.2, 0) is 19.2 Å². The van der Waals surface area contributed by atoms with Crippen LogP contribution in [0.4, 0.5) is 0 Å². The molecule has 0 radical (unpaired) electrons. The minimum Gasteiger partial charge on any atom is -0.480 e. The van der Waals surface area contributed by atoms with Gasteiger partial charge in [-0.05, 0) is 6.42 Å². The molecule has 1 rings (SSSR count). The summed E-state index contributed by atoms with van der Waals surface area (Å²) in [6, 6.07) is -2.36. The number of carboxylic acid groups (broad SMARTS) is 2. The van der Waals surface area contributed by atoms with Crippen molar-refractivity contribution in [3.63, 3.8) is 0 Å². The van der Waals surface area contributed by atoms with Gasteiger partial charge < -0.3 is 26.6 Å². The molecule has 15 heteroatoms. The van der Waals surface area contributed by atoms with Gasteiger partial charge in [0.15, 0.2) is 5.17 Å². The van der Waals surface area contributed by atoms with E-state index in [0.717, 1.165) is 16.2 Å². The number of nitrogens with one attached hydrogen (secondary N) is 2. The summed E-state index contributed by atoms with van der Waals surface area (Å²) in [5.41, 5.74) is 4.44. The Hall–Kier alpha value is -2.09. The molecule has 0 bridgehead atoms. The number of carboxylic acids is 2. The van der Waals surface area contributed by atoms with Gasteiger partial charge in [0.05, 0.1) is 0 Å². The molecule has 1 aliphatic rings. The van der Waals surface area contributed by atoms with Gasteiger partial charge in [0.2, 0.25) is 17.4 Å². The van der Waals surface area contributed by atoms with E-state index in [0.29, 0.717) is 0 Å². The van der Waals surface area contributed by atoms with E-state index in [1.54, 1.807) is 0 Å². The Kier molecular flexibility index (Phi) is 9.99. The number of carbonyl (C=O) groups is 4. The highest BCUT2D eigenvalue weighted by atomic mass is 35.5. The summed E-state index contributed by atoms with van der Waals surface area (Å²) >= 11 is 12.7. The highest BCUT2D eigenvalue weighted by Crippen LogP contribution is 2.21.